The number of anilines is 3. The van der Waals surface area contributed by atoms with Crippen molar-refractivity contribution >= 4 is 23.0 Å². The third-order valence-corrected chi connectivity index (χ3v) is 3.82. The first-order valence-corrected chi connectivity index (χ1v) is 8.19. The van der Waals surface area contributed by atoms with Crippen LogP contribution in [0.3, 0.4) is 0 Å². The molecule has 2 N–H and O–H groups in total. The van der Waals surface area contributed by atoms with Gasteiger partial charge in [-0.05, 0) is 68.3 Å². The Morgan fingerprint density at radius 2 is 1.40 bits per heavy atom. The van der Waals surface area contributed by atoms with Crippen LogP contribution in [0.5, 0.6) is 0 Å². The monoisotopic (exact) mass is 331 g/mol. The summed E-state index contributed by atoms with van der Waals surface area (Å²) in [5.74, 6) is -0.216. The van der Waals surface area contributed by atoms with Crippen LogP contribution in [0.1, 0.15) is 27.2 Å². The smallest absolute Gasteiger partial charge is 0.274 e. The summed E-state index contributed by atoms with van der Waals surface area (Å²) in [6.45, 7) is 6.06. The highest BCUT2D eigenvalue weighted by Crippen LogP contribution is 2.18. The second kappa shape index (κ2) is 7.18. The maximum absolute atomic E-state index is 12.3. The highest BCUT2D eigenvalue weighted by atomic mass is 16.1. The van der Waals surface area contributed by atoms with Crippen molar-refractivity contribution in [1.82, 2.24) is 4.98 Å². The molecule has 0 radical (unpaired) electrons. The molecule has 1 aromatic heterocycles. The SMILES string of the molecule is Cc1ccc(Nc2ccc(C(=O)Nc3cc(C)cc(C)c3)nc2)cc1. The second-order valence-corrected chi connectivity index (χ2v) is 6.25. The van der Waals surface area contributed by atoms with Gasteiger partial charge in [0.15, 0.2) is 0 Å². The molecule has 0 bridgehead atoms. The summed E-state index contributed by atoms with van der Waals surface area (Å²) in [4.78, 5) is 16.6. The van der Waals surface area contributed by atoms with E-state index in [4.69, 9.17) is 0 Å². The van der Waals surface area contributed by atoms with Gasteiger partial charge in [-0.25, -0.2) is 4.98 Å². The van der Waals surface area contributed by atoms with Gasteiger partial charge >= 0.3 is 0 Å². The number of rotatable bonds is 4. The van der Waals surface area contributed by atoms with Crippen molar-refractivity contribution in [3.05, 3.63) is 83.2 Å². The summed E-state index contributed by atoms with van der Waals surface area (Å²) in [6, 6.07) is 17.6. The van der Waals surface area contributed by atoms with E-state index in [-0.39, 0.29) is 5.91 Å². The number of nitrogens with one attached hydrogen (secondary N) is 2. The van der Waals surface area contributed by atoms with Crippen molar-refractivity contribution in [2.75, 3.05) is 10.6 Å². The Bertz CT molecular complexity index is 864. The Labute approximate surface area is 147 Å². The van der Waals surface area contributed by atoms with Crippen LogP contribution in [0.4, 0.5) is 17.1 Å². The topological polar surface area (TPSA) is 54.0 Å². The number of amides is 1. The summed E-state index contributed by atoms with van der Waals surface area (Å²) >= 11 is 0. The fourth-order valence-electron chi connectivity index (χ4n) is 2.65. The number of pyridine rings is 1. The molecule has 0 atom stereocenters. The molecule has 0 aliphatic rings. The average Bonchev–Trinajstić information content (AvgIpc) is 2.56. The van der Waals surface area contributed by atoms with Crippen LogP contribution >= 0.6 is 0 Å². The molecule has 126 valence electrons. The average molecular weight is 331 g/mol. The number of benzene rings is 2. The molecule has 3 rings (SSSR count). The van der Waals surface area contributed by atoms with Gasteiger partial charge < -0.3 is 10.6 Å². The summed E-state index contributed by atoms with van der Waals surface area (Å²) in [5, 5.41) is 6.16. The zero-order chi connectivity index (χ0) is 17.8. The molecule has 25 heavy (non-hydrogen) atoms. The van der Waals surface area contributed by atoms with Crippen LogP contribution in [-0.4, -0.2) is 10.9 Å². The van der Waals surface area contributed by atoms with Crippen LogP contribution in [0.25, 0.3) is 0 Å². The molecule has 0 aliphatic heterocycles. The maximum Gasteiger partial charge on any atom is 0.274 e. The zero-order valence-electron chi connectivity index (χ0n) is 14.6. The third kappa shape index (κ3) is 4.44. The van der Waals surface area contributed by atoms with E-state index in [1.807, 2.05) is 56.3 Å². The van der Waals surface area contributed by atoms with Crippen molar-refractivity contribution in [3.63, 3.8) is 0 Å². The van der Waals surface area contributed by atoms with E-state index in [9.17, 15) is 4.79 Å². The number of hydrogen-bond acceptors (Lipinski definition) is 3. The molecule has 4 nitrogen and oxygen atoms in total. The lowest BCUT2D eigenvalue weighted by molar-refractivity contribution is 0.102. The van der Waals surface area contributed by atoms with Gasteiger partial charge in [-0.15, -0.1) is 0 Å². The Morgan fingerprint density at radius 3 is 2.00 bits per heavy atom. The molecule has 0 saturated heterocycles. The van der Waals surface area contributed by atoms with E-state index in [2.05, 4.69) is 28.6 Å². The Hall–Kier alpha value is -3.14. The van der Waals surface area contributed by atoms with Crippen LogP contribution in [-0.2, 0) is 0 Å². The van der Waals surface area contributed by atoms with Crippen LogP contribution < -0.4 is 10.6 Å². The van der Waals surface area contributed by atoms with Crippen molar-refractivity contribution in [2.45, 2.75) is 20.8 Å². The molecule has 0 aliphatic carbocycles. The van der Waals surface area contributed by atoms with Crippen LogP contribution in [0.15, 0.2) is 60.8 Å². The molecular weight excluding hydrogens is 310 g/mol. The second-order valence-electron chi connectivity index (χ2n) is 6.25. The quantitative estimate of drug-likeness (QED) is 0.707. The number of carbonyl (C=O) groups excluding carboxylic acids is 1. The fraction of sp³-hybridized carbons (Fsp3) is 0.143. The predicted octanol–water partition coefficient (Wildman–Crippen LogP) is 5.00. The first-order valence-electron chi connectivity index (χ1n) is 8.19. The molecule has 1 amide bonds. The highest BCUT2D eigenvalue weighted by Gasteiger charge is 2.08. The number of nitrogens with zero attached hydrogens (tertiary/aromatic N) is 1. The lowest BCUT2D eigenvalue weighted by atomic mass is 10.1. The molecule has 4 heteroatoms. The first-order chi connectivity index (χ1) is 12.0. The van der Waals surface area contributed by atoms with Gasteiger partial charge in [-0.2, -0.15) is 0 Å². The Balaban J connectivity index is 1.68. The highest BCUT2D eigenvalue weighted by molar-refractivity contribution is 6.03. The summed E-state index contributed by atoms with van der Waals surface area (Å²) in [7, 11) is 0. The first kappa shape index (κ1) is 16.7. The minimum absolute atomic E-state index is 0.216. The van der Waals surface area contributed by atoms with E-state index >= 15 is 0 Å². The van der Waals surface area contributed by atoms with Crippen molar-refractivity contribution in [1.29, 1.82) is 0 Å². The fourth-order valence-corrected chi connectivity index (χ4v) is 2.65. The summed E-state index contributed by atoms with van der Waals surface area (Å²) < 4.78 is 0. The summed E-state index contributed by atoms with van der Waals surface area (Å²) in [6.07, 6.45) is 1.66. The number of aryl methyl sites for hydroxylation is 3. The van der Waals surface area contributed by atoms with E-state index < -0.39 is 0 Å². The maximum atomic E-state index is 12.3. The predicted molar refractivity (Wildman–Crippen MR) is 103 cm³/mol. The van der Waals surface area contributed by atoms with Crippen LogP contribution in [0.2, 0.25) is 0 Å². The van der Waals surface area contributed by atoms with E-state index in [0.717, 1.165) is 28.2 Å². The van der Waals surface area contributed by atoms with Gasteiger partial charge in [0.2, 0.25) is 0 Å². The minimum Gasteiger partial charge on any atom is -0.354 e. The number of aromatic nitrogens is 1. The third-order valence-electron chi connectivity index (χ3n) is 3.82. The molecule has 2 aromatic carbocycles. The lowest BCUT2D eigenvalue weighted by Gasteiger charge is -2.09. The van der Waals surface area contributed by atoms with Crippen LogP contribution in [0, 0.1) is 20.8 Å². The number of carbonyl (C=O) groups is 1. The van der Waals surface area contributed by atoms with E-state index in [0.29, 0.717) is 5.69 Å². The van der Waals surface area contributed by atoms with Gasteiger partial charge in [-0.1, -0.05) is 23.8 Å². The molecule has 3 aromatic rings. The van der Waals surface area contributed by atoms with Gasteiger partial charge in [0.05, 0.1) is 11.9 Å². The molecular formula is C21H21N3O. The van der Waals surface area contributed by atoms with Crippen molar-refractivity contribution < 1.29 is 4.79 Å². The van der Waals surface area contributed by atoms with Gasteiger partial charge in [0, 0.05) is 11.4 Å². The standard InChI is InChI=1S/C21H21N3O/c1-14-4-6-17(7-5-14)23-18-8-9-20(22-13-18)21(25)24-19-11-15(2)10-16(3)12-19/h4-13,23H,1-3H3,(H,24,25). The molecule has 1 heterocycles. The molecule has 0 saturated carbocycles. The molecule has 0 unspecified atom stereocenters. The molecule has 0 spiro atoms. The number of hydrogen-bond donors (Lipinski definition) is 2. The Kier molecular flexibility index (Phi) is 4.80. The van der Waals surface area contributed by atoms with Crippen molar-refractivity contribution in [3.8, 4) is 0 Å². The largest absolute Gasteiger partial charge is 0.354 e. The van der Waals surface area contributed by atoms with Crippen molar-refractivity contribution in [2.24, 2.45) is 0 Å². The van der Waals surface area contributed by atoms with Gasteiger partial charge in [0.1, 0.15) is 5.69 Å². The zero-order valence-corrected chi connectivity index (χ0v) is 14.6. The minimum atomic E-state index is -0.216. The lowest BCUT2D eigenvalue weighted by Crippen LogP contribution is -2.13. The normalized spacial score (nSPS) is 10.4. The summed E-state index contributed by atoms with van der Waals surface area (Å²) in [5.41, 5.74) is 6.43. The molecule has 0 fully saturated rings. The van der Waals surface area contributed by atoms with E-state index in [1.165, 1.54) is 5.56 Å². The van der Waals surface area contributed by atoms with Gasteiger partial charge in [0.25, 0.3) is 5.91 Å². The van der Waals surface area contributed by atoms with E-state index in [1.54, 1.807) is 12.3 Å². The van der Waals surface area contributed by atoms with Gasteiger partial charge in [-0.3, -0.25) is 4.79 Å². The Morgan fingerprint density at radius 1 is 0.760 bits per heavy atom.